The Morgan fingerprint density at radius 1 is 0.967 bits per heavy atom. The van der Waals surface area contributed by atoms with E-state index in [4.69, 9.17) is 18.8 Å². The maximum Gasteiger partial charge on any atom is 1.00 e. The molecule has 168 valence electrons. The molecule has 11 heteroatoms. The Morgan fingerprint density at radius 2 is 1.43 bits per heavy atom. The van der Waals surface area contributed by atoms with Gasteiger partial charge in [-0.15, -0.1) is 0 Å². The first-order chi connectivity index (χ1) is 13.3. The minimum atomic E-state index is -4.09. The second-order valence-electron chi connectivity index (χ2n) is 6.87. The van der Waals surface area contributed by atoms with Crippen LogP contribution in [0.4, 0.5) is 0 Å². The van der Waals surface area contributed by atoms with Crippen molar-refractivity contribution in [2.24, 2.45) is 5.41 Å². The van der Waals surface area contributed by atoms with Crippen LogP contribution in [0, 0.1) is 5.41 Å². The van der Waals surface area contributed by atoms with Crippen LogP contribution in [0.2, 0.25) is 0 Å². The van der Waals surface area contributed by atoms with Gasteiger partial charge in [0.15, 0.2) is 0 Å². The van der Waals surface area contributed by atoms with Gasteiger partial charge in [0.1, 0.15) is 18.6 Å². The smallest absolute Gasteiger partial charge is 1.00 e. The van der Waals surface area contributed by atoms with E-state index in [2.05, 4.69) is 13.2 Å². The molecule has 0 spiro atoms. The summed E-state index contributed by atoms with van der Waals surface area (Å²) in [5.41, 5.74) is -1.13. The molecule has 0 heterocycles. The summed E-state index contributed by atoms with van der Waals surface area (Å²) in [5.74, 6) is -2.58. The van der Waals surface area contributed by atoms with Crippen LogP contribution >= 0.6 is 0 Å². The largest absolute Gasteiger partial charge is 1.00 e. The first-order valence-corrected chi connectivity index (χ1v) is 10.7. The van der Waals surface area contributed by atoms with Crippen molar-refractivity contribution in [1.29, 1.82) is 0 Å². The van der Waals surface area contributed by atoms with Gasteiger partial charge in [0, 0.05) is 11.1 Å². The SMILES string of the molecule is C=C(C)C(=O)OCC(CCC)(COC(=O)C(=C)C)C(=O)OCCCCS(=O)(=O)O.[H-].[Li+]. The van der Waals surface area contributed by atoms with Crippen molar-refractivity contribution in [3.63, 3.8) is 0 Å². The van der Waals surface area contributed by atoms with Gasteiger partial charge in [0.05, 0.1) is 12.4 Å². The molecule has 0 rings (SSSR count). The number of rotatable bonds is 14. The third-order valence-electron chi connectivity index (χ3n) is 3.85. The number of hydrogen-bond acceptors (Lipinski definition) is 8. The van der Waals surface area contributed by atoms with E-state index in [9.17, 15) is 22.8 Å². The molecule has 0 atom stereocenters. The topological polar surface area (TPSA) is 133 Å². The number of hydrogen-bond donors (Lipinski definition) is 1. The van der Waals surface area contributed by atoms with Crippen molar-refractivity contribution in [3.05, 3.63) is 24.3 Å². The van der Waals surface area contributed by atoms with E-state index in [1.807, 2.05) is 0 Å². The fourth-order valence-corrected chi connectivity index (χ4v) is 2.81. The second kappa shape index (κ2) is 14.4. The van der Waals surface area contributed by atoms with E-state index >= 15 is 0 Å². The van der Waals surface area contributed by atoms with Gasteiger partial charge in [-0.2, -0.15) is 8.42 Å². The Morgan fingerprint density at radius 3 is 1.80 bits per heavy atom. The van der Waals surface area contributed by atoms with E-state index in [-0.39, 0.29) is 70.5 Å². The summed E-state index contributed by atoms with van der Waals surface area (Å²) in [6.45, 7) is 10.8. The summed E-state index contributed by atoms with van der Waals surface area (Å²) in [7, 11) is -4.09. The van der Waals surface area contributed by atoms with Gasteiger partial charge < -0.3 is 15.6 Å². The third kappa shape index (κ3) is 12.2. The molecule has 0 fully saturated rings. The van der Waals surface area contributed by atoms with E-state index in [0.717, 1.165) is 0 Å². The number of carbonyl (C=O) groups excluding carboxylic acids is 3. The molecular weight excluding hydrogens is 411 g/mol. The van der Waals surface area contributed by atoms with E-state index < -0.39 is 39.2 Å². The van der Waals surface area contributed by atoms with E-state index in [1.54, 1.807) is 6.92 Å². The standard InChI is InChI=1S/C19H30O9S.Li.H/c1-6-9-19(12-27-16(20)14(2)3,13-28-17(21)15(4)5)18(22)26-10-7-8-11-29(23,24)25;;/h2,4,6-13H2,1,3,5H3,(H,23,24,25);;/q;+1;-1. The van der Waals surface area contributed by atoms with Gasteiger partial charge >= 0.3 is 36.8 Å². The van der Waals surface area contributed by atoms with Gasteiger partial charge in [-0.05, 0) is 33.1 Å². The summed E-state index contributed by atoms with van der Waals surface area (Å²) in [6, 6.07) is 0. The first-order valence-electron chi connectivity index (χ1n) is 9.12. The van der Waals surface area contributed by atoms with Crippen LogP contribution in [-0.4, -0.2) is 56.5 Å². The fraction of sp³-hybridized carbons (Fsp3) is 0.632. The molecule has 0 aliphatic carbocycles. The van der Waals surface area contributed by atoms with Gasteiger partial charge in [-0.1, -0.05) is 26.5 Å². The van der Waals surface area contributed by atoms with Crippen molar-refractivity contribution >= 4 is 28.0 Å². The number of unbranched alkanes of at least 4 members (excludes halogenated alkanes) is 1. The summed E-state index contributed by atoms with van der Waals surface area (Å²) < 4.78 is 45.6. The minimum absolute atomic E-state index is 0. The molecule has 30 heavy (non-hydrogen) atoms. The Balaban J connectivity index is -0.00000392. The Hall–Kier alpha value is -1.60. The first kappa shape index (κ1) is 30.6. The van der Waals surface area contributed by atoms with Crippen LogP contribution in [0.5, 0.6) is 0 Å². The number of carbonyl (C=O) groups is 3. The Kier molecular flexibility index (Phi) is 14.7. The molecule has 0 amide bonds. The Labute approximate surface area is 191 Å². The van der Waals surface area contributed by atoms with Crippen LogP contribution in [0.15, 0.2) is 24.3 Å². The van der Waals surface area contributed by atoms with Crippen LogP contribution in [0.1, 0.15) is 47.9 Å². The summed E-state index contributed by atoms with van der Waals surface area (Å²) in [6.07, 6.45) is 1.02. The van der Waals surface area contributed by atoms with Crippen LogP contribution in [0.25, 0.3) is 0 Å². The minimum Gasteiger partial charge on any atom is -1.00 e. The molecule has 0 bridgehead atoms. The predicted molar refractivity (Wildman–Crippen MR) is 107 cm³/mol. The van der Waals surface area contributed by atoms with E-state index in [1.165, 1.54) is 13.8 Å². The number of ether oxygens (including phenoxy) is 3. The summed E-state index contributed by atoms with van der Waals surface area (Å²) in [5, 5.41) is 0. The molecule has 0 aliphatic rings. The molecule has 0 unspecified atom stereocenters. The maximum absolute atomic E-state index is 12.8. The monoisotopic (exact) mass is 442 g/mol. The molecule has 0 saturated heterocycles. The average Bonchev–Trinajstić information content (AvgIpc) is 2.61. The predicted octanol–water partition coefficient (Wildman–Crippen LogP) is -0.661. The van der Waals surface area contributed by atoms with Crippen LogP contribution < -0.4 is 18.9 Å². The van der Waals surface area contributed by atoms with Crippen molar-refractivity contribution in [3.8, 4) is 0 Å². The zero-order chi connectivity index (χ0) is 22.7. The third-order valence-corrected chi connectivity index (χ3v) is 4.65. The molecular formula is C19H31LiO9S. The zero-order valence-corrected chi connectivity index (χ0v) is 19.0. The van der Waals surface area contributed by atoms with Crippen LogP contribution in [0.3, 0.4) is 0 Å². The van der Waals surface area contributed by atoms with E-state index in [0.29, 0.717) is 6.42 Å². The second-order valence-corrected chi connectivity index (χ2v) is 8.44. The Bertz CT molecular complexity index is 705. The molecule has 9 nitrogen and oxygen atoms in total. The van der Waals surface area contributed by atoms with Gasteiger partial charge in [0.2, 0.25) is 0 Å². The van der Waals surface area contributed by atoms with Crippen LogP contribution in [-0.2, 0) is 38.7 Å². The summed E-state index contributed by atoms with van der Waals surface area (Å²) in [4.78, 5) is 36.3. The normalized spacial score (nSPS) is 11.1. The molecule has 0 aromatic carbocycles. The van der Waals surface area contributed by atoms with Crippen molar-refractivity contribution in [2.45, 2.75) is 46.5 Å². The molecule has 0 saturated carbocycles. The molecule has 0 aromatic rings. The maximum atomic E-state index is 12.8. The summed E-state index contributed by atoms with van der Waals surface area (Å²) >= 11 is 0. The zero-order valence-electron chi connectivity index (χ0n) is 19.2. The van der Waals surface area contributed by atoms with Gasteiger partial charge in [-0.3, -0.25) is 9.35 Å². The van der Waals surface area contributed by atoms with Gasteiger partial charge in [-0.25, -0.2) is 9.59 Å². The molecule has 0 radical (unpaired) electrons. The van der Waals surface area contributed by atoms with Crippen molar-refractivity contribution < 1.29 is 61.9 Å². The average molecular weight is 442 g/mol. The molecule has 0 aromatic heterocycles. The van der Waals surface area contributed by atoms with Crippen molar-refractivity contribution in [1.82, 2.24) is 0 Å². The molecule has 1 N–H and O–H groups in total. The van der Waals surface area contributed by atoms with Gasteiger partial charge in [0.25, 0.3) is 10.1 Å². The quantitative estimate of drug-likeness (QED) is 0.0929. The number of esters is 3. The molecule has 0 aliphatic heterocycles. The fourth-order valence-electron chi connectivity index (χ4n) is 2.24. The van der Waals surface area contributed by atoms with Crippen molar-refractivity contribution in [2.75, 3.05) is 25.6 Å².